The third-order valence-corrected chi connectivity index (χ3v) is 6.64. The Bertz CT molecular complexity index is 1270. The van der Waals surface area contributed by atoms with Crippen LogP contribution in [0, 0.1) is 5.21 Å². The number of nitrogens with zero attached hydrogens (tertiary/aromatic N) is 1. The average Bonchev–Trinajstić information content (AvgIpc) is 2.73. The van der Waals surface area contributed by atoms with E-state index >= 15 is 0 Å². The van der Waals surface area contributed by atoms with E-state index in [1.165, 1.54) is 46.4 Å². The highest BCUT2D eigenvalue weighted by Crippen LogP contribution is 2.56. The third-order valence-electron chi connectivity index (χ3n) is 4.71. The van der Waals surface area contributed by atoms with Crippen molar-refractivity contribution >= 4 is 66.1 Å². The zero-order valence-electron chi connectivity index (χ0n) is 16.6. The van der Waals surface area contributed by atoms with Crippen molar-refractivity contribution in [2.75, 3.05) is 5.32 Å². The lowest BCUT2D eigenvalue weighted by atomic mass is 9.95. The van der Waals surface area contributed by atoms with Crippen molar-refractivity contribution in [2.45, 2.75) is 27.3 Å². The fourth-order valence-corrected chi connectivity index (χ4v) is 4.90. The van der Waals surface area contributed by atoms with Crippen molar-refractivity contribution in [3.05, 3.63) is 69.5 Å². The molecule has 1 unspecified atom stereocenters. The van der Waals surface area contributed by atoms with Crippen molar-refractivity contribution in [1.29, 1.82) is 0 Å². The molecule has 1 atom stereocenters. The highest BCUT2D eigenvalue weighted by molar-refractivity contribution is 9.10. The number of amides is 1. The van der Waals surface area contributed by atoms with Gasteiger partial charge < -0.3 is 10.5 Å². The molecule has 1 heterocycles. The summed E-state index contributed by atoms with van der Waals surface area (Å²) in [6.45, 7) is 0. The first-order valence-electron chi connectivity index (χ1n) is 9.10. The first-order valence-corrected chi connectivity index (χ1v) is 11.6. The van der Waals surface area contributed by atoms with Crippen molar-refractivity contribution in [2.24, 2.45) is 0 Å². The molecule has 4 nitrogen and oxygen atoms in total. The van der Waals surface area contributed by atoms with E-state index in [1.807, 2.05) is 0 Å². The normalized spacial score (nSPS) is 14.3. The Hall–Kier alpha value is -2.13. The van der Waals surface area contributed by atoms with Gasteiger partial charge in [-0.25, -0.2) is 4.39 Å². The number of alkyl halides is 9. The van der Waals surface area contributed by atoms with Gasteiger partial charge in [0.25, 0.3) is 11.7 Å². The molecule has 1 N–H and O–H groups in total. The monoisotopic (exact) mass is 652 g/mol. The summed E-state index contributed by atoms with van der Waals surface area (Å²) >= 11 is 3.74. The maximum atomic E-state index is 14.8. The molecule has 0 aliphatic rings. The minimum atomic E-state index is -6.14. The Balaban J connectivity index is 2.10. The zero-order valence-corrected chi connectivity index (χ0v) is 20.6. The smallest absolute Gasteiger partial charge is 0.433 e. The lowest BCUT2D eigenvalue weighted by Crippen LogP contribution is -2.49. The number of nitrogens with one attached hydrogen (secondary N) is 1. The summed E-state index contributed by atoms with van der Waals surface area (Å²) in [7, 11) is 0. The van der Waals surface area contributed by atoms with Gasteiger partial charge in [0.2, 0.25) is 5.52 Å². The Morgan fingerprint density at radius 1 is 1.06 bits per heavy atom. The molecule has 0 aliphatic carbocycles. The number of aromatic nitrogens is 1. The molecule has 0 radical (unpaired) electrons. The Morgan fingerprint density at radius 3 is 2.29 bits per heavy atom. The van der Waals surface area contributed by atoms with Crippen LogP contribution in [0.4, 0.5) is 40.8 Å². The van der Waals surface area contributed by atoms with Gasteiger partial charge >= 0.3 is 16.7 Å². The van der Waals surface area contributed by atoms with Crippen LogP contribution in [-0.4, -0.2) is 22.7 Å². The number of carbonyl (C=O) groups is 1. The predicted octanol–water partition coefficient (Wildman–Crippen LogP) is 7.52. The fourth-order valence-electron chi connectivity index (χ4n) is 3.09. The molecular formula is C20H10Br2F8N2O2S. The fraction of sp³-hybridized carbons (Fsp3) is 0.200. The van der Waals surface area contributed by atoms with Crippen LogP contribution < -0.4 is 10.0 Å². The largest absolute Gasteiger partial charge is 0.618 e. The van der Waals surface area contributed by atoms with E-state index in [1.54, 1.807) is 6.07 Å². The minimum Gasteiger partial charge on any atom is -0.618 e. The van der Waals surface area contributed by atoms with E-state index in [-0.39, 0.29) is 17.1 Å². The highest BCUT2D eigenvalue weighted by Gasteiger charge is 2.71. The number of thioether (sulfide) groups is 1. The van der Waals surface area contributed by atoms with Gasteiger partial charge in [-0.1, -0.05) is 11.8 Å². The van der Waals surface area contributed by atoms with Crippen LogP contribution in [0.1, 0.15) is 15.9 Å². The molecule has 0 saturated heterocycles. The number of rotatable bonds is 6. The summed E-state index contributed by atoms with van der Waals surface area (Å²) in [5.41, 5.74) is -7.53. The molecule has 1 amide bonds. The first kappa shape index (κ1) is 27.5. The SMILES string of the molecule is O=C(Nc1c(Br)cc(C(F)(C(F)(F)F)C(F)(F)Br)cc1SC(F)F)c1ccc2ccc[n+]([O-])c2c1. The maximum Gasteiger partial charge on any atom is 0.433 e. The molecule has 3 aromatic rings. The van der Waals surface area contributed by atoms with Gasteiger partial charge in [-0.2, -0.15) is 35.5 Å². The van der Waals surface area contributed by atoms with Gasteiger partial charge in [0, 0.05) is 38.0 Å². The summed E-state index contributed by atoms with van der Waals surface area (Å²) in [4.78, 5) is 6.76. The number of halogens is 10. The number of hydrogen-bond donors (Lipinski definition) is 1. The summed E-state index contributed by atoms with van der Waals surface area (Å²) < 4.78 is 108. The van der Waals surface area contributed by atoms with Gasteiger partial charge in [0.05, 0.1) is 5.69 Å². The Kier molecular flexibility index (Phi) is 7.63. The quantitative estimate of drug-likeness (QED) is 0.0985. The van der Waals surface area contributed by atoms with Crippen LogP contribution in [0.15, 0.2) is 58.0 Å². The van der Waals surface area contributed by atoms with Crippen molar-refractivity contribution < 1.29 is 44.6 Å². The molecule has 0 bridgehead atoms. The van der Waals surface area contributed by atoms with E-state index in [0.717, 1.165) is 0 Å². The molecule has 188 valence electrons. The third kappa shape index (κ3) is 5.35. The number of carbonyl (C=O) groups excluding carboxylic acids is 1. The summed E-state index contributed by atoms with van der Waals surface area (Å²) in [5, 5.41) is 14.6. The van der Waals surface area contributed by atoms with Crippen LogP contribution in [0.5, 0.6) is 0 Å². The van der Waals surface area contributed by atoms with E-state index in [0.29, 0.717) is 16.2 Å². The number of hydrogen-bond acceptors (Lipinski definition) is 3. The second kappa shape index (κ2) is 9.73. The van der Waals surface area contributed by atoms with Gasteiger partial charge in [0.1, 0.15) is 0 Å². The van der Waals surface area contributed by atoms with Crippen LogP contribution in [-0.2, 0) is 5.67 Å². The van der Waals surface area contributed by atoms with E-state index in [2.05, 4.69) is 21.2 Å². The van der Waals surface area contributed by atoms with E-state index < -0.39 is 60.7 Å². The van der Waals surface area contributed by atoms with Crippen LogP contribution >= 0.6 is 43.6 Å². The van der Waals surface area contributed by atoms with Crippen LogP contribution in [0.25, 0.3) is 10.9 Å². The average molecular weight is 654 g/mol. The molecule has 35 heavy (non-hydrogen) atoms. The summed E-state index contributed by atoms with van der Waals surface area (Å²) in [6.07, 6.45) is -4.98. The molecule has 0 saturated carbocycles. The Morgan fingerprint density at radius 2 is 1.71 bits per heavy atom. The Labute approximate surface area is 212 Å². The van der Waals surface area contributed by atoms with Gasteiger partial charge in [-0.05, 0) is 62.2 Å². The lowest BCUT2D eigenvalue weighted by molar-refractivity contribution is -0.577. The summed E-state index contributed by atoms with van der Waals surface area (Å²) in [5.74, 6) is -4.23. The second-order valence-corrected chi connectivity index (χ2v) is 9.81. The van der Waals surface area contributed by atoms with Crippen LogP contribution in [0.2, 0.25) is 0 Å². The maximum absolute atomic E-state index is 14.8. The van der Waals surface area contributed by atoms with Crippen LogP contribution in [0.3, 0.4) is 0 Å². The molecule has 15 heteroatoms. The highest BCUT2D eigenvalue weighted by atomic mass is 79.9. The van der Waals surface area contributed by atoms with E-state index in [9.17, 15) is 45.1 Å². The molecule has 0 fully saturated rings. The molecule has 1 aromatic heterocycles. The lowest BCUT2D eigenvalue weighted by Gasteiger charge is -2.32. The van der Waals surface area contributed by atoms with Gasteiger partial charge in [-0.15, -0.1) is 0 Å². The number of anilines is 1. The zero-order chi connectivity index (χ0) is 26.3. The molecule has 2 aromatic carbocycles. The second-order valence-electron chi connectivity index (χ2n) is 6.93. The van der Waals surface area contributed by atoms with Gasteiger partial charge in [0.15, 0.2) is 6.20 Å². The standard InChI is InChI=1S/C20H10Br2F8N2O2S/c21-12-7-11(18(25,19(22,26)27)20(28,29)30)8-14(35-17(23)24)15(12)31-16(33)10-4-3-9-2-1-5-32(34)13(9)6-10/h1-8,17H,(H,31,33). The molecular weight excluding hydrogens is 644 g/mol. The predicted molar refractivity (Wildman–Crippen MR) is 120 cm³/mol. The topological polar surface area (TPSA) is 56.0 Å². The minimum absolute atomic E-state index is 0.0867. The van der Waals surface area contributed by atoms with E-state index in [4.69, 9.17) is 0 Å². The first-order chi connectivity index (χ1) is 16.1. The molecule has 3 rings (SSSR count). The summed E-state index contributed by atoms with van der Waals surface area (Å²) in [6, 6.07) is 7.41. The van der Waals surface area contributed by atoms with Crippen molar-refractivity contribution in [3.8, 4) is 0 Å². The van der Waals surface area contributed by atoms with Gasteiger partial charge in [-0.3, -0.25) is 4.79 Å². The number of benzene rings is 2. The molecule has 0 aliphatic heterocycles. The molecule has 0 spiro atoms. The van der Waals surface area contributed by atoms with Crippen molar-refractivity contribution in [3.63, 3.8) is 0 Å². The number of pyridine rings is 1. The van der Waals surface area contributed by atoms with Crippen molar-refractivity contribution in [1.82, 2.24) is 0 Å². The number of fused-ring (bicyclic) bond motifs is 1.